The third-order valence-corrected chi connectivity index (χ3v) is 6.04. The fraction of sp³-hybridized carbons (Fsp3) is 0.160. The minimum absolute atomic E-state index is 0.223. The van der Waals surface area contributed by atoms with Gasteiger partial charge in [0.1, 0.15) is 0 Å². The Hall–Kier alpha value is -3.55. The number of halogens is 2. The van der Waals surface area contributed by atoms with Crippen LogP contribution in [0.1, 0.15) is 27.2 Å². The highest BCUT2D eigenvalue weighted by Gasteiger charge is 2.10. The van der Waals surface area contributed by atoms with Crippen molar-refractivity contribution in [1.82, 2.24) is 15.2 Å². The van der Waals surface area contributed by atoms with Gasteiger partial charge in [-0.15, -0.1) is 0 Å². The summed E-state index contributed by atoms with van der Waals surface area (Å²) in [6.45, 7) is 1.83. The minimum Gasteiger partial charge on any atom is -0.481 e. The smallest absolute Gasteiger partial charge is 0.255 e. The standard InChI is InChI=1S/C25H23Cl2N5O2/c1-15-21(26)11-20(12-22(15)27)30-25(33)17-5-3-4-16(10-17)6-7-18-13-23(32-31-18)29-19-8-9-24(34-2)28-14-19/h3-5,8-14H,6-7H2,1-2H3,(H,30,33)(H2,29,31,32). The van der Waals surface area contributed by atoms with Crippen LogP contribution in [-0.4, -0.2) is 28.2 Å². The molecule has 0 fully saturated rings. The molecule has 7 nitrogen and oxygen atoms in total. The fourth-order valence-electron chi connectivity index (χ4n) is 3.34. The normalized spacial score (nSPS) is 10.7. The number of pyridine rings is 1. The highest BCUT2D eigenvalue weighted by molar-refractivity contribution is 6.36. The van der Waals surface area contributed by atoms with Gasteiger partial charge >= 0.3 is 0 Å². The van der Waals surface area contributed by atoms with Crippen LogP contribution < -0.4 is 15.4 Å². The van der Waals surface area contributed by atoms with E-state index in [1.54, 1.807) is 37.6 Å². The topological polar surface area (TPSA) is 91.9 Å². The van der Waals surface area contributed by atoms with E-state index in [1.165, 1.54) is 0 Å². The first-order valence-corrected chi connectivity index (χ1v) is 11.3. The van der Waals surface area contributed by atoms with Crippen molar-refractivity contribution in [2.45, 2.75) is 19.8 Å². The molecule has 0 aliphatic heterocycles. The van der Waals surface area contributed by atoms with Crippen LogP contribution in [0.15, 0.2) is 60.8 Å². The van der Waals surface area contributed by atoms with Crippen molar-refractivity contribution in [3.8, 4) is 5.88 Å². The SMILES string of the molecule is COc1ccc(Nc2cc(CCc3cccc(C(=O)Nc4cc(Cl)c(C)c(Cl)c4)c3)[nH]n2)cn1. The average Bonchev–Trinajstić information content (AvgIpc) is 3.29. The van der Waals surface area contributed by atoms with E-state index in [9.17, 15) is 4.79 Å². The predicted octanol–water partition coefficient (Wildman–Crippen LogP) is 6.21. The zero-order chi connectivity index (χ0) is 24.1. The summed E-state index contributed by atoms with van der Waals surface area (Å²) in [4.78, 5) is 16.9. The van der Waals surface area contributed by atoms with Crippen LogP contribution >= 0.6 is 23.2 Å². The number of nitrogens with zero attached hydrogens (tertiary/aromatic N) is 2. The summed E-state index contributed by atoms with van der Waals surface area (Å²) in [5, 5.41) is 14.4. The first kappa shape index (κ1) is 23.6. The third kappa shape index (κ3) is 5.87. The van der Waals surface area contributed by atoms with Crippen LogP contribution in [0.3, 0.4) is 0 Å². The van der Waals surface area contributed by atoms with E-state index in [0.717, 1.165) is 35.3 Å². The number of aromatic amines is 1. The minimum atomic E-state index is -0.223. The molecule has 0 atom stereocenters. The van der Waals surface area contributed by atoms with Gasteiger partial charge in [-0.05, 0) is 61.2 Å². The molecular weight excluding hydrogens is 473 g/mol. The number of anilines is 3. The summed E-state index contributed by atoms with van der Waals surface area (Å²) in [7, 11) is 1.58. The molecule has 3 N–H and O–H groups in total. The van der Waals surface area contributed by atoms with Crippen molar-refractivity contribution in [2.24, 2.45) is 0 Å². The second-order valence-electron chi connectivity index (χ2n) is 7.71. The summed E-state index contributed by atoms with van der Waals surface area (Å²) in [6, 6.07) is 16.5. The first-order chi connectivity index (χ1) is 16.4. The molecule has 0 saturated carbocycles. The second kappa shape index (κ2) is 10.6. The number of nitrogens with one attached hydrogen (secondary N) is 3. The van der Waals surface area contributed by atoms with Crippen LogP contribution in [0.5, 0.6) is 5.88 Å². The number of carbonyl (C=O) groups excluding carboxylic acids is 1. The number of rotatable bonds is 8. The van der Waals surface area contributed by atoms with Crippen LogP contribution in [0, 0.1) is 6.92 Å². The molecule has 1 amide bonds. The molecule has 2 heterocycles. The van der Waals surface area contributed by atoms with Gasteiger partial charge in [0.15, 0.2) is 5.82 Å². The first-order valence-electron chi connectivity index (χ1n) is 10.6. The Morgan fingerprint density at radius 3 is 2.53 bits per heavy atom. The Morgan fingerprint density at radius 2 is 1.82 bits per heavy atom. The summed E-state index contributed by atoms with van der Waals surface area (Å²) in [6.07, 6.45) is 3.17. The van der Waals surface area contributed by atoms with Crippen molar-refractivity contribution in [2.75, 3.05) is 17.7 Å². The number of H-pyrrole nitrogens is 1. The van der Waals surface area contributed by atoms with Crippen LogP contribution in [0.2, 0.25) is 10.0 Å². The Labute approximate surface area is 207 Å². The highest BCUT2D eigenvalue weighted by Crippen LogP contribution is 2.28. The van der Waals surface area contributed by atoms with Crippen LogP contribution in [-0.2, 0) is 12.8 Å². The Balaban J connectivity index is 1.36. The number of hydrogen-bond donors (Lipinski definition) is 3. The summed E-state index contributed by atoms with van der Waals surface area (Å²) in [5.41, 5.74) is 4.72. The average molecular weight is 496 g/mol. The van der Waals surface area contributed by atoms with Gasteiger partial charge in [0, 0.05) is 39.1 Å². The van der Waals surface area contributed by atoms with Gasteiger partial charge in [-0.1, -0.05) is 35.3 Å². The summed E-state index contributed by atoms with van der Waals surface area (Å²) in [5.74, 6) is 1.03. The molecule has 4 rings (SSSR count). The third-order valence-electron chi connectivity index (χ3n) is 5.26. The number of carbonyl (C=O) groups is 1. The molecule has 174 valence electrons. The maximum absolute atomic E-state index is 12.7. The molecule has 0 saturated heterocycles. The molecule has 34 heavy (non-hydrogen) atoms. The molecule has 9 heteroatoms. The van der Waals surface area contributed by atoms with Gasteiger partial charge in [-0.2, -0.15) is 5.10 Å². The van der Waals surface area contributed by atoms with E-state index in [0.29, 0.717) is 33.0 Å². The predicted molar refractivity (Wildman–Crippen MR) is 136 cm³/mol. The molecule has 0 aliphatic carbocycles. The fourth-order valence-corrected chi connectivity index (χ4v) is 3.83. The molecule has 2 aromatic heterocycles. The molecule has 0 aliphatic rings. The van der Waals surface area contributed by atoms with E-state index >= 15 is 0 Å². The van der Waals surface area contributed by atoms with Gasteiger partial charge in [-0.3, -0.25) is 9.89 Å². The number of methoxy groups -OCH3 is 1. The van der Waals surface area contributed by atoms with Crippen molar-refractivity contribution >= 4 is 46.3 Å². The molecule has 0 bridgehead atoms. The molecule has 0 radical (unpaired) electrons. The van der Waals surface area contributed by atoms with Crippen molar-refractivity contribution in [3.63, 3.8) is 0 Å². The van der Waals surface area contributed by atoms with Crippen molar-refractivity contribution in [1.29, 1.82) is 0 Å². The molecule has 2 aromatic carbocycles. The number of aryl methyl sites for hydroxylation is 2. The zero-order valence-corrected chi connectivity index (χ0v) is 20.2. The number of amides is 1. The molecule has 4 aromatic rings. The van der Waals surface area contributed by atoms with Gasteiger partial charge in [0.05, 0.1) is 19.0 Å². The molecule has 0 unspecified atom stereocenters. The number of ether oxygens (including phenoxy) is 1. The summed E-state index contributed by atoms with van der Waals surface area (Å²) < 4.78 is 5.07. The zero-order valence-electron chi connectivity index (χ0n) is 18.7. The molecular formula is C25H23Cl2N5O2. The second-order valence-corrected chi connectivity index (χ2v) is 8.53. The van der Waals surface area contributed by atoms with E-state index < -0.39 is 0 Å². The lowest BCUT2D eigenvalue weighted by Gasteiger charge is -2.09. The Morgan fingerprint density at radius 1 is 1.03 bits per heavy atom. The van der Waals surface area contributed by atoms with Gasteiger partial charge in [0.25, 0.3) is 5.91 Å². The lowest BCUT2D eigenvalue weighted by molar-refractivity contribution is 0.102. The Kier molecular flexibility index (Phi) is 7.35. The number of hydrogen-bond acceptors (Lipinski definition) is 5. The van der Waals surface area contributed by atoms with E-state index in [-0.39, 0.29) is 5.91 Å². The lowest BCUT2D eigenvalue weighted by Crippen LogP contribution is -2.12. The van der Waals surface area contributed by atoms with E-state index in [1.807, 2.05) is 37.3 Å². The quantitative estimate of drug-likeness (QED) is 0.270. The number of aromatic nitrogens is 3. The lowest BCUT2D eigenvalue weighted by atomic mass is 10.0. The van der Waals surface area contributed by atoms with Gasteiger partial charge < -0.3 is 15.4 Å². The monoisotopic (exact) mass is 495 g/mol. The Bertz CT molecular complexity index is 1280. The van der Waals surface area contributed by atoms with Crippen LogP contribution in [0.25, 0.3) is 0 Å². The molecule has 0 spiro atoms. The van der Waals surface area contributed by atoms with Crippen LogP contribution in [0.4, 0.5) is 17.2 Å². The number of benzene rings is 2. The van der Waals surface area contributed by atoms with Crippen molar-refractivity contribution in [3.05, 3.63) is 93.2 Å². The summed E-state index contributed by atoms with van der Waals surface area (Å²) >= 11 is 12.4. The van der Waals surface area contributed by atoms with Gasteiger partial charge in [-0.25, -0.2) is 4.98 Å². The highest BCUT2D eigenvalue weighted by atomic mass is 35.5. The van der Waals surface area contributed by atoms with Gasteiger partial charge in [0.2, 0.25) is 5.88 Å². The maximum Gasteiger partial charge on any atom is 0.255 e. The van der Waals surface area contributed by atoms with E-state index in [4.69, 9.17) is 27.9 Å². The van der Waals surface area contributed by atoms with Crippen molar-refractivity contribution < 1.29 is 9.53 Å². The van der Waals surface area contributed by atoms with E-state index in [2.05, 4.69) is 25.8 Å². The maximum atomic E-state index is 12.7. The largest absolute Gasteiger partial charge is 0.481 e.